The molecule has 2 rings (SSSR count). The number of rotatable bonds is 5. The maximum Gasteiger partial charge on any atom is 0.251 e. The zero-order valence-electron chi connectivity index (χ0n) is 13.8. The van der Waals surface area contributed by atoms with Gasteiger partial charge in [-0.25, -0.2) is 0 Å². The largest absolute Gasteiger partial charge is 0.370 e. The van der Waals surface area contributed by atoms with E-state index >= 15 is 0 Å². The number of nitrogens with one attached hydrogen (secondary N) is 1. The Kier molecular flexibility index (Phi) is 5.21. The predicted octanol–water partition coefficient (Wildman–Crippen LogP) is 3.56. The monoisotopic (exact) mass is 296 g/mol. The van der Waals surface area contributed by atoms with Crippen molar-refractivity contribution in [3.8, 4) is 0 Å². The van der Waals surface area contributed by atoms with Crippen LogP contribution in [0.1, 0.15) is 28.4 Å². The van der Waals surface area contributed by atoms with E-state index < -0.39 is 0 Å². The molecule has 0 bridgehead atoms. The molecule has 116 valence electrons. The first-order chi connectivity index (χ1) is 10.5. The molecule has 0 aliphatic heterocycles. The Balaban J connectivity index is 1.97. The van der Waals surface area contributed by atoms with Gasteiger partial charge in [-0.3, -0.25) is 4.79 Å². The summed E-state index contributed by atoms with van der Waals surface area (Å²) >= 11 is 0. The first kappa shape index (κ1) is 16.1. The van der Waals surface area contributed by atoms with Crippen LogP contribution >= 0.6 is 0 Å². The highest BCUT2D eigenvalue weighted by Gasteiger charge is 2.13. The van der Waals surface area contributed by atoms with Crippen molar-refractivity contribution in [1.82, 2.24) is 5.32 Å². The fourth-order valence-corrected chi connectivity index (χ4v) is 2.37. The number of benzene rings is 2. The molecule has 0 aromatic heterocycles. The molecule has 0 aliphatic carbocycles. The minimum Gasteiger partial charge on any atom is -0.370 e. The lowest BCUT2D eigenvalue weighted by Crippen LogP contribution is -2.40. The number of nitrogens with zero attached hydrogens (tertiary/aromatic N) is 1. The van der Waals surface area contributed by atoms with E-state index in [1.54, 1.807) is 0 Å². The fourth-order valence-electron chi connectivity index (χ4n) is 2.37. The highest BCUT2D eigenvalue weighted by atomic mass is 16.1. The molecule has 0 unspecified atom stereocenters. The molecule has 0 fully saturated rings. The van der Waals surface area contributed by atoms with Crippen molar-refractivity contribution in [1.29, 1.82) is 0 Å². The van der Waals surface area contributed by atoms with Crippen LogP contribution in [-0.4, -0.2) is 25.5 Å². The molecule has 1 amide bonds. The summed E-state index contributed by atoms with van der Waals surface area (Å²) in [6.45, 7) is 6.68. The smallest absolute Gasteiger partial charge is 0.251 e. The van der Waals surface area contributed by atoms with Crippen molar-refractivity contribution in [3.63, 3.8) is 0 Å². The maximum absolute atomic E-state index is 12.4. The minimum atomic E-state index is -0.00508. The highest BCUT2D eigenvalue weighted by Crippen LogP contribution is 2.14. The zero-order valence-corrected chi connectivity index (χ0v) is 13.8. The third kappa shape index (κ3) is 3.88. The number of hydrogen-bond donors (Lipinski definition) is 1. The lowest BCUT2D eigenvalue weighted by atomic mass is 10.1. The van der Waals surface area contributed by atoms with Crippen LogP contribution in [0.25, 0.3) is 0 Å². The molecule has 3 nitrogen and oxygen atoms in total. The molecule has 0 aliphatic rings. The molecule has 0 radical (unpaired) electrons. The first-order valence-corrected chi connectivity index (χ1v) is 7.62. The van der Waals surface area contributed by atoms with Crippen molar-refractivity contribution in [3.05, 3.63) is 65.2 Å². The Morgan fingerprint density at radius 1 is 1.14 bits per heavy atom. The Morgan fingerprint density at radius 2 is 1.82 bits per heavy atom. The molecule has 0 spiro atoms. The van der Waals surface area contributed by atoms with Crippen molar-refractivity contribution < 1.29 is 4.79 Å². The van der Waals surface area contributed by atoms with Gasteiger partial charge in [0, 0.05) is 30.9 Å². The molecule has 0 heterocycles. The van der Waals surface area contributed by atoms with Gasteiger partial charge in [-0.2, -0.15) is 0 Å². The Bertz CT molecular complexity index is 637. The molecular weight excluding hydrogens is 272 g/mol. The molecular formula is C19H24N2O. The van der Waals surface area contributed by atoms with Crippen LogP contribution in [0, 0.1) is 13.8 Å². The van der Waals surface area contributed by atoms with Crippen molar-refractivity contribution >= 4 is 11.6 Å². The van der Waals surface area contributed by atoms with Gasteiger partial charge in [-0.05, 0) is 44.5 Å². The lowest BCUT2D eigenvalue weighted by molar-refractivity contribution is 0.0951. The number of likely N-dealkylation sites (N-methyl/N-ethyl adjacent to an activating group) is 1. The van der Waals surface area contributed by atoms with E-state index in [1.165, 1.54) is 0 Å². The van der Waals surface area contributed by atoms with Crippen LogP contribution in [0.4, 0.5) is 5.69 Å². The molecule has 2 aromatic carbocycles. The van der Waals surface area contributed by atoms with E-state index in [-0.39, 0.29) is 11.9 Å². The van der Waals surface area contributed by atoms with Gasteiger partial charge in [-0.15, -0.1) is 0 Å². The number of para-hydroxylation sites is 1. The van der Waals surface area contributed by atoms with Crippen molar-refractivity contribution in [2.45, 2.75) is 26.8 Å². The first-order valence-electron chi connectivity index (χ1n) is 7.62. The number of aryl methyl sites for hydroxylation is 2. The molecule has 0 saturated heterocycles. The van der Waals surface area contributed by atoms with Crippen LogP contribution in [0.15, 0.2) is 48.5 Å². The summed E-state index contributed by atoms with van der Waals surface area (Å²) in [6.07, 6.45) is 0. The van der Waals surface area contributed by atoms with Gasteiger partial charge in [0.05, 0.1) is 0 Å². The van der Waals surface area contributed by atoms with Crippen molar-refractivity contribution in [2.24, 2.45) is 0 Å². The number of anilines is 1. The summed E-state index contributed by atoms with van der Waals surface area (Å²) in [5, 5.41) is 3.04. The van der Waals surface area contributed by atoms with Gasteiger partial charge < -0.3 is 10.2 Å². The summed E-state index contributed by atoms with van der Waals surface area (Å²) in [5.41, 5.74) is 4.02. The van der Waals surface area contributed by atoms with Crippen LogP contribution in [0.2, 0.25) is 0 Å². The molecule has 22 heavy (non-hydrogen) atoms. The van der Waals surface area contributed by atoms with E-state index in [2.05, 4.69) is 29.3 Å². The van der Waals surface area contributed by atoms with Gasteiger partial charge in [0.15, 0.2) is 0 Å². The summed E-state index contributed by atoms with van der Waals surface area (Å²) in [7, 11) is 2.05. The third-order valence-corrected chi connectivity index (χ3v) is 4.02. The predicted molar refractivity (Wildman–Crippen MR) is 92.6 cm³/mol. The third-order valence-electron chi connectivity index (χ3n) is 4.02. The second kappa shape index (κ2) is 7.12. The Labute approximate surface area is 133 Å². The minimum absolute atomic E-state index is 0.00508. The van der Waals surface area contributed by atoms with Crippen LogP contribution in [-0.2, 0) is 0 Å². The second-order valence-corrected chi connectivity index (χ2v) is 5.82. The Morgan fingerprint density at radius 3 is 2.50 bits per heavy atom. The standard InChI is InChI=1S/C19H24N2O/c1-14-10-11-15(2)18(12-14)19(22)20-13-16(3)21(4)17-8-6-5-7-9-17/h5-12,16H,13H2,1-4H3,(H,20,22)/t16-/m0/s1. The molecule has 1 atom stereocenters. The summed E-state index contributed by atoms with van der Waals surface area (Å²) in [5.74, 6) is -0.00508. The number of amides is 1. The van der Waals surface area contributed by atoms with Gasteiger partial charge in [0.25, 0.3) is 5.91 Å². The SMILES string of the molecule is Cc1ccc(C)c(C(=O)NC[C@H](C)N(C)c2ccccc2)c1. The topological polar surface area (TPSA) is 32.3 Å². The van der Waals surface area contributed by atoms with E-state index in [4.69, 9.17) is 0 Å². The van der Waals surface area contributed by atoms with Crippen LogP contribution in [0.5, 0.6) is 0 Å². The average molecular weight is 296 g/mol. The van der Waals surface area contributed by atoms with E-state index in [0.717, 1.165) is 22.4 Å². The quantitative estimate of drug-likeness (QED) is 0.915. The second-order valence-electron chi connectivity index (χ2n) is 5.82. The van der Waals surface area contributed by atoms with E-state index in [1.807, 2.05) is 57.3 Å². The normalized spacial score (nSPS) is 11.8. The summed E-state index contributed by atoms with van der Waals surface area (Å²) in [6, 6.07) is 16.4. The molecule has 2 aromatic rings. The molecule has 3 heteroatoms. The number of carbonyl (C=O) groups excluding carboxylic acids is 1. The van der Waals surface area contributed by atoms with E-state index in [9.17, 15) is 4.79 Å². The van der Waals surface area contributed by atoms with Crippen LogP contribution < -0.4 is 10.2 Å². The highest BCUT2D eigenvalue weighted by molar-refractivity contribution is 5.95. The average Bonchev–Trinajstić information content (AvgIpc) is 2.54. The van der Waals surface area contributed by atoms with Gasteiger partial charge in [0.1, 0.15) is 0 Å². The van der Waals surface area contributed by atoms with Gasteiger partial charge >= 0.3 is 0 Å². The molecule has 0 saturated carbocycles. The van der Waals surface area contributed by atoms with Gasteiger partial charge in [0.2, 0.25) is 0 Å². The molecule has 1 N–H and O–H groups in total. The van der Waals surface area contributed by atoms with Gasteiger partial charge in [-0.1, -0.05) is 35.9 Å². The fraction of sp³-hybridized carbons (Fsp3) is 0.316. The summed E-state index contributed by atoms with van der Waals surface area (Å²) < 4.78 is 0. The number of hydrogen-bond acceptors (Lipinski definition) is 2. The summed E-state index contributed by atoms with van der Waals surface area (Å²) in [4.78, 5) is 14.5. The Hall–Kier alpha value is -2.29. The van der Waals surface area contributed by atoms with Crippen LogP contribution in [0.3, 0.4) is 0 Å². The number of carbonyl (C=O) groups is 1. The zero-order chi connectivity index (χ0) is 16.1. The maximum atomic E-state index is 12.4. The van der Waals surface area contributed by atoms with E-state index in [0.29, 0.717) is 6.54 Å². The van der Waals surface area contributed by atoms with Crippen molar-refractivity contribution in [2.75, 3.05) is 18.5 Å². The lowest BCUT2D eigenvalue weighted by Gasteiger charge is -2.27.